The highest BCUT2D eigenvalue weighted by Gasteiger charge is 2.27. The van der Waals surface area contributed by atoms with Crippen LogP contribution in [0, 0.1) is 0 Å². The number of hydrogen-bond donors (Lipinski definition) is 1. The molecule has 1 N–H and O–H groups in total. The van der Waals surface area contributed by atoms with Gasteiger partial charge in [-0.05, 0) is 42.5 Å². The van der Waals surface area contributed by atoms with Crippen LogP contribution in [0.25, 0.3) is 0 Å². The molecule has 2 nitrogen and oxygen atoms in total. The molecule has 1 atom stereocenters. The molecule has 0 radical (unpaired) electrons. The van der Waals surface area contributed by atoms with E-state index >= 15 is 0 Å². The Balaban J connectivity index is 2.04. The Morgan fingerprint density at radius 2 is 2.16 bits per heavy atom. The third kappa shape index (κ3) is 3.86. The van der Waals surface area contributed by atoms with Gasteiger partial charge in [0.05, 0.1) is 13.5 Å². The van der Waals surface area contributed by atoms with Crippen molar-refractivity contribution in [3.8, 4) is 5.75 Å². The quantitative estimate of drug-likeness (QED) is 0.904. The van der Waals surface area contributed by atoms with Gasteiger partial charge in [-0.3, -0.25) is 0 Å². The van der Waals surface area contributed by atoms with Gasteiger partial charge in [0.25, 0.3) is 0 Å². The number of rotatable bonds is 4. The second-order valence-corrected chi connectivity index (χ2v) is 4.83. The lowest BCUT2D eigenvalue weighted by atomic mass is 9.87. The smallest absolute Gasteiger partial charge is 0.390 e. The monoisotopic (exact) mass is 273 g/mol. The van der Waals surface area contributed by atoms with E-state index in [9.17, 15) is 13.2 Å². The van der Waals surface area contributed by atoms with Gasteiger partial charge in [-0.15, -0.1) is 0 Å². The third-order valence-electron chi connectivity index (χ3n) is 3.47. The van der Waals surface area contributed by atoms with Crippen LogP contribution < -0.4 is 10.1 Å². The molecule has 0 saturated heterocycles. The molecule has 1 aromatic carbocycles. The highest BCUT2D eigenvalue weighted by atomic mass is 19.4. The number of methoxy groups -OCH3 is 1. The molecule has 2 rings (SSSR count). The van der Waals surface area contributed by atoms with Gasteiger partial charge >= 0.3 is 6.18 Å². The highest BCUT2D eigenvalue weighted by Crippen LogP contribution is 2.32. The summed E-state index contributed by atoms with van der Waals surface area (Å²) in [6.45, 7) is -0.0369. The maximum atomic E-state index is 12.2. The first-order chi connectivity index (χ1) is 8.99. The minimum Gasteiger partial charge on any atom is -0.497 e. The summed E-state index contributed by atoms with van der Waals surface area (Å²) in [5.74, 6) is 0.753. The first-order valence-electron chi connectivity index (χ1n) is 6.46. The van der Waals surface area contributed by atoms with E-state index in [-0.39, 0.29) is 12.6 Å². The number of hydrogen-bond acceptors (Lipinski definition) is 2. The number of benzene rings is 1. The van der Waals surface area contributed by atoms with Crippen LogP contribution >= 0.6 is 0 Å². The number of fused-ring (bicyclic) bond motifs is 1. The van der Waals surface area contributed by atoms with Gasteiger partial charge in [-0.25, -0.2) is 0 Å². The van der Waals surface area contributed by atoms with Gasteiger partial charge in [0.1, 0.15) is 5.75 Å². The van der Waals surface area contributed by atoms with Crippen molar-refractivity contribution in [2.24, 2.45) is 0 Å². The van der Waals surface area contributed by atoms with Gasteiger partial charge in [0, 0.05) is 12.6 Å². The fraction of sp³-hybridized carbons (Fsp3) is 0.571. The van der Waals surface area contributed by atoms with Gasteiger partial charge in [0.15, 0.2) is 0 Å². The van der Waals surface area contributed by atoms with Crippen LogP contribution in [0.2, 0.25) is 0 Å². The Morgan fingerprint density at radius 1 is 1.37 bits per heavy atom. The van der Waals surface area contributed by atoms with Crippen molar-refractivity contribution < 1.29 is 17.9 Å². The first-order valence-corrected chi connectivity index (χ1v) is 6.46. The zero-order chi connectivity index (χ0) is 13.9. The van der Waals surface area contributed by atoms with Crippen LogP contribution in [-0.2, 0) is 6.42 Å². The molecule has 0 saturated carbocycles. The Bertz CT molecular complexity index is 431. The zero-order valence-electron chi connectivity index (χ0n) is 10.9. The molecular formula is C14H18F3NO. The van der Waals surface area contributed by atoms with E-state index in [0.717, 1.165) is 30.6 Å². The molecule has 0 aromatic heterocycles. The van der Waals surface area contributed by atoms with Gasteiger partial charge in [-0.1, -0.05) is 6.07 Å². The minimum absolute atomic E-state index is 0.00111. The van der Waals surface area contributed by atoms with Crippen molar-refractivity contribution in [1.82, 2.24) is 5.32 Å². The molecule has 1 aromatic rings. The molecular weight excluding hydrogens is 255 g/mol. The summed E-state index contributed by atoms with van der Waals surface area (Å²) in [6.07, 6.45) is -2.03. The average Bonchev–Trinajstić information content (AvgIpc) is 2.37. The number of halogens is 3. The molecule has 0 heterocycles. The normalized spacial score (nSPS) is 19.1. The summed E-state index contributed by atoms with van der Waals surface area (Å²) >= 11 is 0. The Kier molecular flexibility index (Phi) is 4.34. The summed E-state index contributed by atoms with van der Waals surface area (Å²) < 4.78 is 41.7. The van der Waals surface area contributed by atoms with Crippen LogP contribution in [0.3, 0.4) is 0 Å². The molecule has 106 valence electrons. The Morgan fingerprint density at radius 3 is 2.84 bits per heavy atom. The fourth-order valence-corrected chi connectivity index (χ4v) is 2.50. The van der Waals surface area contributed by atoms with E-state index in [1.165, 1.54) is 5.56 Å². The lowest BCUT2D eigenvalue weighted by molar-refractivity contribution is -0.133. The summed E-state index contributed by atoms with van der Waals surface area (Å²) in [7, 11) is 1.59. The van der Waals surface area contributed by atoms with Crippen molar-refractivity contribution in [1.29, 1.82) is 0 Å². The van der Waals surface area contributed by atoms with E-state index < -0.39 is 12.6 Å². The lowest BCUT2D eigenvalue weighted by Crippen LogP contribution is -2.28. The summed E-state index contributed by atoms with van der Waals surface area (Å²) in [5, 5.41) is 3.01. The van der Waals surface area contributed by atoms with E-state index in [1.54, 1.807) is 7.11 Å². The van der Waals surface area contributed by atoms with Crippen LogP contribution in [0.4, 0.5) is 13.2 Å². The number of ether oxygens (including phenoxy) is 1. The SMILES string of the molecule is COc1ccc2c(c1)C(NCCC(F)(F)F)CCC2. The van der Waals surface area contributed by atoms with Gasteiger partial charge < -0.3 is 10.1 Å². The third-order valence-corrected chi connectivity index (χ3v) is 3.47. The number of alkyl halides is 3. The van der Waals surface area contributed by atoms with Crippen LogP contribution in [0.1, 0.15) is 36.4 Å². The minimum atomic E-state index is -4.10. The lowest BCUT2D eigenvalue weighted by Gasteiger charge is -2.27. The Hall–Kier alpha value is -1.23. The van der Waals surface area contributed by atoms with Crippen LogP contribution in [0.5, 0.6) is 5.75 Å². The molecule has 0 amide bonds. The second-order valence-electron chi connectivity index (χ2n) is 4.83. The van der Waals surface area contributed by atoms with Gasteiger partial charge in [-0.2, -0.15) is 13.2 Å². The highest BCUT2D eigenvalue weighted by molar-refractivity contribution is 5.39. The van der Waals surface area contributed by atoms with Crippen molar-refractivity contribution >= 4 is 0 Å². The predicted octanol–water partition coefficient (Wildman–Crippen LogP) is 3.61. The molecule has 0 aliphatic heterocycles. The number of aryl methyl sites for hydroxylation is 1. The van der Waals surface area contributed by atoms with Crippen LogP contribution in [0.15, 0.2) is 18.2 Å². The van der Waals surface area contributed by atoms with Crippen LogP contribution in [-0.4, -0.2) is 19.8 Å². The van der Waals surface area contributed by atoms with E-state index in [1.807, 2.05) is 18.2 Å². The van der Waals surface area contributed by atoms with E-state index in [2.05, 4.69) is 5.32 Å². The maximum Gasteiger partial charge on any atom is 0.390 e. The zero-order valence-corrected chi connectivity index (χ0v) is 10.9. The molecule has 0 fully saturated rings. The molecule has 5 heteroatoms. The largest absolute Gasteiger partial charge is 0.497 e. The molecule has 1 aliphatic carbocycles. The number of nitrogens with one attached hydrogen (secondary N) is 1. The van der Waals surface area contributed by atoms with E-state index in [4.69, 9.17) is 4.74 Å². The molecule has 0 bridgehead atoms. The summed E-state index contributed by atoms with van der Waals surface area (Å²) in [4.78, 5) is 0. The second kappa shape index (κ2) is 5.82. The fourth-order valence-electron chi connectivity index (χ4n) is 2.50. The Labute approximate surface area is 111 Å². The van der Waals surface area contributed by atoms with Crippen molar-refractivity contribution in [3.05, 3.63) is 29.3 Å². The summed E-state index contributed by atoms with van der Waals surface area (Å²) in [5.41, 5.74) is 2.28. The standard InChI is InChI=1S/C14H18F3NO/c1-19-11-6-5-10-3-2-4-13(12(10)9-11)18-8-7-14(15,16)17/h5-6,9,13,18H,2-4,7-8H2,1H3. The van der Waals surface area contributed by atoms with Crippen molar-refractivity contribution in [2.75, 3.05) is 13.7 Å². The topological polar surface area (TPSA) is 21.3 Å². The molecule has 0 spiro atoms. The molecule has 1 unspecified atom stereocenters. The van der Waals surface area contributed by atoms with Crippen molar-refractivity contribution in [2.45, 2.75) is 37.9 Å². The maximum absolute atomic E-state index is 12.2. The van der Waals surface area contributed by atoms with Gasteiger partial charge in [0.2, 0.25) is 0 Å². The predicted molar refractivity (Wildman–Crippen MR) is 67.3 cm³/mol. The first kappa shape index (κ1) is 14.2. The van der Waals surface area contributed by atoms with Crippen molar-refractivity contribution in [3.63, 3.8) is 0 Å². The molecule has 1 aliphatic rings. The van der Waals surface area contributed by atoms with E-state index in [0.29, 0.717) is 0 Å². The molecule has 19 heavy (non-hydrogen) atoms. The average molecular weight is 273 g/mol. The summed E-state index contributed by atoms with van der Waals surface area (Å²) in [6, 6.07) is 5.84.